The smallest absolute Gasteiger partial charge is 0.306 e. The average Bonchev–Trinajstić information content (AvgIpc) is 3.45. The van der Waals surface area contributed by atoms with Crippen LogP contribution in [-0.4, -0.2) is 37.2 Å². The van der Waals surface area contributed by atoms with Crippen LogP contribution in [0.5, 0.6) is 0 Å². The summed E-state index contributed by atoms with van der Waals surface area (Å²) in [7, 11) is 0. The molecule has 1 atom stereocenters. The summed E-state index contributed by atoms with van der Waals surface area (Å²) in [5.41, 5.74) is 0. The Morgan fingerprint density at radius 1 is 0.241 bits per heavy atom. The Hall–Kier alpha value is -2.11. The first-order valence-electron chi connectivity index (χ1n) is 35.8. The molecule has 466 valence electrons. The first-order chi connectivity index (χ1) is 39.0. The topological polar surface area (TPSA) is 78.9 Å². The van der Waals surface area contributed by atoms with Gasteiger partial charge in [-0.1, -0.05) is 340 Å². The van der Waals surface area contributed by atoms with E-state index >= 15 is 0 Å². The fourth-order valence-electron chi connectivity index (χ4n) is 11.0. The van der Waals surface area contributed by atoms with Gasteiger partial charge >= 0.3 is 17.9 Å². The summed E-state index contributed by atoms with van der Waals surface area (Å²) in [5.74, 6) is -0.849. The summed E-state index contributed by atoms with van der Waals surface area (Å²) in [4.78, 5) is 38.4. The van der Waals surface area contributed by atoms with Gasteiger partial charge in [-0.25, -0.2) is 0 Å². The second kappa shape index (κ2) is 68.4. The lowest BCUT2D eigenvalue weighted by Crippen LogP contribution is -2.30. The van der Waals surface area contributed by atoms with E-state index in [-0.39, 0.29) is 31.1 Å². The molecule has 0 fully saturated rings. The molecule has 0 aromatic heterocycles. The van der Waals surface area contributed by atoms with E-state index in [2.05, 4.69) is 45.1 Å². The van der Waals surface area contributed by atoms with Crippen molar-refractivity contribution in [2.24, 2.45) is 0 Å². The van der Waals surface area contributed by atoms with Crippen molar-refractivity contribution < 1.29 is 28.6 Å². The molecule has 0 aromatic carbocycles. The molecular formula is C73H138O6. The summed E-state index contributed by atoms with van der Waals surface area (Å²) in [6.45, 7) is 6.70. The van der Waals surface area contributed by atoms with Crippen LogP contribution in [0.25, 0.3) is 0 Å². The maximum atomic E-state index is 12.9. The molecule has 0 aliphatic heterocycles. The standard InChI is InChI=1S/C73H138O6/c1-4-7-10-13-16-19-22-25-28-30-32-33-34-35-36-37-38-39-41-42-45-48-51-54-57-60-63-66-72(75)78-69-70(68-77-71(74)65-62-59-56-53-50-47-44-27-24-21-18-15-12-9-6-3)79-73(76)67-64-61-58-55-52-49-46-43-40-31-29-26-23-20-17-14-11-8-5-2/h26-27,29,44,70H,4-25,28,30-43,45-69H2,1-3H3/b29-26-,44-27-. The molecule has 0 bridgehead atoms. The number of unbranched alkanes of at least 4 members (excludes halogenated alkanes) is 52. The van der Waals surface area contributed by atoms with Gasteiger partial charge in [0.1, 0.15) is 13.2 Å². The molecule has 1 unspecified atom stereocenters. The third-order valence-electron chi connectivity index (χ3n) is 16.4. The molecule has 0 spiro atoms. The SMILES string of the molecule is CCCCCCCC/C=C\CCCCCCCCCCCC(=O)OC(COC(=O)CCCCCCC/C=C\CCCCCCCC)COC(=O)CCCCCCCCCCCCCCCCCCCCCCCCCCCCC. The molecule has 0 saturated heterocycles. The molecule has 0 N–H and O–H groups in total. The van der Waals surface area contributed by atoms with E-state index in [1.54, 1.807) is 0 Å². The number of rotatable bonds is 67. The molecule has 0 aliphatic rings. The second-order valence-corrected chi connectivity index (χ2v) is 24.5. The van der Waals surface area contributed by atoms with Crippen LogP contribution >= 0.6 is 0 Å². The van der Waals surface area contributed by atoms with Gasteiger partial charge in [0, 0.05) is 19.3 Å². The maximum absolute atomic E-state index is 12.9. The Morgan fingerprint density at radius 3 is 0.633 bits per heavy atom. The Morgan fingerprint density at radius 2 is 0.418 bits per heavy atom. The molecule has 0 aliphatic carbocycles. The van der Waals surface area contributed by atoms with Gasteiger partial charge in [0.25, 0.3) is 0 Å². The molecule has 0 radical (unpaired) electrons. The minimum atomic E-state index is -0.774. The molecule has 0 heterocycles. The maximum Gasteiger partial charge on any atom is 0.306 e. The lowest BCUT2D eigenvalue weighted by Gasteiger charge is -2.18. The van der Waals surface area contributed by atoms with Crippen molar-refractivity contribution in [2.75, 3.05) is 13.2 Å². The van der Waals surface area contributed by atoms with E-state index < -0.39 is 6.10 Å². The van der Waals surface area contributed by atoms with Gasteiger partial charge in [0.05, 0.1) is 0 Å². The highest BCUT2D eigenvalue weighted by Gasteiger charge is 2.19. The lowest BCUT2D eigenvalue weighted by atomic mass is 10.0. The zero-order valence-corrected chi connectivity index (χ0v) is 53.7. The van der Waals surface area contributed by atoms with E-state index in [9.17, 15) is 14.4 Å². The van der Waals surface area contributed by atoms with Gasteiger partial charge < -0.3 is 14.2 Å². The van der Waals surface area contributed by atoms with Crippen LogP contribution in [-0.2, 0) is 28.6 Å². The van der Waals surface area contributed by atoms with Crippen molar-refractivity contribution in [3.05, 3.63) is 24.3 Å². The van der Waals surface area contributed by atoms with Crippen molar-refractivity contribution in [1.29, 1.82) is 0 Å². The predicted molar refractivity (Wildman–Crippen MR) is 344 cm³/mol. The molecule has 0 aromatic rings. The second-order valence-electron chi connectivity index (χ2n) is 24.5. The van der Waals surface area contributed by atoms with Gasteiger partial charge in [0.2, 0.25) is 0 Å². The monoisotopic (exact) mass is 1110 g/mol. The number of carbonyl (C=O) groups excluding carboxylic acids is 3. The number of esters is 3. The van der Waals surface area contributed by atoms with Crippen LogP contribution < -0.4 is 0 Å². The number of carbonyl (C=O) groups is 3. The zero-order chi connectivity index (χ0) is 57.1. The number of hydrogen-bond acceptors (Lipinski definition) is 6. The fraction of sp³-hybridized carbons (Fsp3) is 0.904. The number of allylic oxidation sites excluding steroid dienone is 4. The van der Waals surface area contributed by atoms with Crippen molar-refractivity contribution >= 4 is 17.9 Å². The first kappa shape index (κ1) is 76.9. The molecule has 6 heteroatoms. The van der Waals surface area contributed by atoms with Crippen molar-refractivity contribution in [3.63, 3.8) is 0 Å². The highest BCUT2D eigenvalue weighted by Crippen LogP contribution is 2.19. The van der Waals surface area contributed by atoms with Crippen LogP contribution in [0.15, 0.2) is 24.3 Å². The van der Waals surface area contributed by atoms with Gasteiger partial charge in [0.15, 0.2) is 6.10 Å². The molecule has 0 amide bonds. The van der Waals surface area contributed by atoms with Crippen LogP contribution in [0.3, 0.4) is 0 Å². The Kier molecular flexibility index (Phi) is 66.6. The van der Waals surface area contributed by atoms with E-state index in [0.29, 0.717) is 19.3 Å². The van der Waals surface area contributed by atoms with Crippen LogP contribution in [0.1, 0.15) is 406 Å². The van der Waals surface area contributed by atoms with Gasteiger partial charge in [-0.2, -0.15) is 0 Å². The van der Waals surface area contributed by atoms with Crippen LogP contribution in [0.4, 0.5) is 0 Å². The normalized spacial score (nSPS) is 12.1. The third-order valence-corrected chi connectivity index (χ3v) is 16.4. The minimum absolute atomic E-state index is 0.0692. The van der Waals surface area contributed by atoms with Gasteiger partial charge in [-0.15, -0.1) is 0 Å². The highest BCUT2D eigenvalue weighted by molar-refractivity contribution is 5.71. The largest absolute Gasteiger partial charge is 0.462 e. The van der Waals surface area contributed by atoms with E-state index in [1.165, 1.54) is 302 Å². The summed E-state index contributed by atoms with van der Waals surface area (Å²) < 4.78 is 17.0. The quantitative estimate of drug-likeness (QED) is 0.0261. The molecule has 0 rings (SSSR count). The van der Waals surface area contributed by atoms with Gasteiger partial charge in [-0.05, 0) is 70.6 Å². The number of ether oxygens (including phenoxy) is 3. The molecular weight excluding hydrogens is 973 g/mol. The van der Waals surface area contributed by atoms with E-state index in [4.69, 9.17) is 14.2 Å². The Labute approximate surface area is 493 Å². The van der Waals surface area contributed by atoms with E-state index in [0.717, 1.165) is 64.2 Å². The average molecular weight is 1110 g/mol. The summed E-state index contributed by atoms with van der Waals surface area (Å²) in [6, 6.07) is 0. The Balaban J connectivity index is 4.22. The van der Waals surface area contributed by atoms with E-state index in [1.807, 2.05) is 0 Å². The zero-order valence-electron chi connectivity index (χ0n) is 53.7. The van der Waals surface area contributed by atoms with Crippen molar-refractivity contribution in [1.82, 2.24) is 0 Å². The van der Waals surface area contributed by atoms with Crippen LogP contribution in [0.2, 0.25) is 0 Å². The fourth-order valence-corrected chi connectivity index (χ4v) is 11.0. The van der Waals surface area contributed by atoms with Gasteiger partial charge in [-0.3, -0.25) is 14.4 Å². The summed E-state index contributed by atoms with van der Waals surface area (Å²) >= 11 is 0. The highest BCUT2D eigenvalue weighted by atomic mass is 16.6. The summed E-state index contributed by atoms with van der Waals surface area (Å²) in [6.07, 6.45) is 83.6. The van der Waals surface area contributed by atoms with Crippen LogP contribution in [0, 0.1) is 0 Å². The molecule has 0 saturated carbocycles. The molecule has 79 heavy (non-hydrogen) atoms. The lowest BCUT2D eigenvalue weighted by molar-refractivity contribution is -0.167. The van der Waals surface area contributed by atoms with Crippen molar-refractivity contribution in [3.8, 4) is 0 Å². The summed E-state index contributed by atoms with van der Waals surface area (Å²) in [5, 5.41) is 0. The minimum Gasteiger partial charge on any atom is -0.462 e. The first-order valence-corrected chi connectivity index (χ1v) is 35.8. The molecule has 6 nitrogen and oxygen atoms in total. The van der Waals surface area contributed by atoms with Crippen molar-refractivity contribution in [2.45, 2.75) is 412 Å². The number of hydrogen-bond donors (Lipinski definition) is 0. The Bertz CT molecular complexity index is 1270. The predicted octanol–water partition coefficient (Wildman–Crippen LogP) is 24.6. The third kappa shape index (κ3) is 66.6.